The molecule has 1 fully saturated rings. The van der Waals surface area contributed by atoms with Crippen molar-refractivity contribution in [1.29, 1.82) is 0 Å². The number of hydrogen-bond donors (Lipinski definition) is 3. The van der Waals surface area contributed by atoms with Gasteiger partial charge >= 0.3 is 5.97 Å². The molecule has 16 nitrogen and oxygen atoms in total. The maximum absolute atomic E-state index is 14.8. The number of esters is 1. The van der Waals surface area contributed by atoms with Crippen LogP contribution in [-0.4, -0.2) is 108 Å². The van der Waals surface area contributed by atoms with E-state index in [-0.39, 0.29) is 62.3 Å². The average molecular weight is 748 g/mol. The average Bonchev–Trinajstić information content (AvgIpc) is 3.92. The van der Waals surface area contributed by atoms with E-state index in [2.05, 4.69) is 35.9 Å². The summed E-state index contributed by atoms with van der Waals surface area (Å²) in [7, 11) is 0. The van der Waals surface area contributed by atoms with E-state index in [1.165, 1.54) is 17.1 Å². The van der Waals surface area contributed by atoms with Crippen LogP contribution < -0.4 is 10.6 Å². The van der Waals surface area contributed by atoms with Gasteiger partial charge < -0.3 is 29.8 Å². The lowest BCUT2D eigenvalue weighted by Gasteiger charge is -2.30. The van der Waals surface area contributed by atoms with E-state index < -0.39 is 48.1 Å². The summed E-state index contributed by atoms with van der Waals surface area (Å²) in [5.74, 6) is -3.00. The van der Waals surface area contributed by atoms with Crippen molar-refractivity contribution >= 4 is 23.7 Å². The van der Waals surface area contributed by atoms with Gasteiger partial charge in [0.15, 0.2) is 11.6 Å². The minimum Gasteiger partial charge on any atom is -0.460 e. The maximum Gasteiger partial charge on any atom is 0.329 e. The molecule has 3 N–H and O–H groups in total. The highest BCUT2D eigenvalue weighted by molar-refractivity contribution is 5.95. The largest absolute Gasteiger partial charge is 0.460 e. The monoisotopic (exact) mass is 747 g/mol. The molecule has 0 saturated carbocycles. The molecule has 2 aliphatic heterocycles. The molecular weight excluding hydrogens is 701 g/mol. The zero-order valence-corrected chi connectivity index (χ0v) is 30.5. The number of alkyl halides is 1. The molecule has 288 valence electrons. The molecule has 0 aromatic carbocycles. The topological polar surface area (TPSA) is 208 Å². The number of ether oxygens (including phenoxy) is 1. The first-order chi connectivity index (χ1) is 26.0. The molecule has 3 aromatic heterocycles. The first kappa shape index (κ1) is 39.6. The predicted octanol–water partition coefficient (Wildman–Crippen LogP) is 2.54. The number of fused-ring (bicyclic) bond motifs is 3. The highest BCUT2D eigenvalue weighted by atomic mass is 19.1. The summed E-state index contributed by atoms with van der Waals surface area (Å²) < 4.78 is 27.9. The van der Waals surface area contributed by atoms with Crippen molar-refractivity contribution in [3.8, 4) is 11.4 Å². The molecule has 3 amide bonds. The molecule has 2 bridgehead atoms. The van der Waals surface area contributed by atoms with Gasteiger partial charge in [-0.3, -0.25) is 29.0 Å². The van der Waals surface area contributed by atoms with E-state index >= 15 is 0 Å². The number of rotatable bonds is 7. The highest BCUT2D eigenvalue weighted by Gasteiger charge is 2.39. The molecule has 5 heterocycles. The van der Waals surface area contributed by atoms with Crippen LogP contribution in [0.2, 0.25) is 0 Å². The Morgan fingerprint density at radius 2 is 2.00 bits per heavy atom. The van der Waals surface area contributed by atoms with Crippen molar-refractivity contribution in [2.24, 2.45) is 11.8 Å². The third kappa shape index (κ3) is 11.2. The number of aliphatic hydroxyl groups excluding tert-OH is 1. The fraction of sp³-hybridized carbons (Fsp3) is 0.486. The number of cyclic esters (lactones) is 1. The van der Waals surface area contributed by atoms with Crippen molar-refractivity contribution < 1.29 is 37.8 Å². The van der Waals surface area contributed by atoms with Crippen LogP contribution in [0.5, 0.6) is 0 Å². The maximum atomic E-state index is 14.8. The standard InChI is InChI=1S/C37H46FN9O7/c1-23(2)35-25(17-33(50)42-13-15-46-21-29(44-45-46)28-20-39-11-12-40-28)8-9-32(49)41-10-4-6-24(3)16-27(48)18-26(38)19-34-43-30(22-53-34)36(51)47-14-5-7-31(47)37(52)54-35/h4,6,8-9,11-12,16,20-23,25-27,31,35,48H,5,7,10,13-15,17-19H2,1-3H3,(H,41,49)(H,42,50)/b6-4?,9-8+,24-16?. The lowest BCUT2D eigenvalue weighted by Crippen LogP contribution is -2.44. The molecule has 0 aliphatic carbocycles. The van der Waals surface area contributed by atoms with Gasteiger partial charge in [-0.25, -0.2) is 14.2 Å². The van der Waals surface area contributed by atoms with Gasteiger partial charge in [-0.05, 0) is 31.8 Å². The van der Waals surface area contributed by atoms with E-state index in [1.54, 1.807) is 54.6 Å². The summed E-state index contributed by atoms with van der Waals surface area (Å²) in [5.41, 5.74) is 1.68. The number of nitrogens with one attached hydrogen (secondary N) is 2. The van der Waals surface area contributed by atoms with E-state index in [0.717, 1.165) is 6.26 Å². The van der Waals surface area contributed by atoms with Gasteiger partial charge in [0, 0.05) is 50.8 Å². The third-order valence-electron chi connectivity index (χ3n) is 8.95. The number of halogens is 1. The van der Waals surface area contributed by atoms with E-state index in [9.17, 15) is 28.7 Å². The molecule has 0 spiro atoms. The zero-order chi connectivity index (χ0) is 38.6. The number of carbonyl (C=O) groups excluding carboxylic acids is 4. The molecule has 0 radical (unpaired) electrons. The summed E-state index contributed by atoms with van der Waals surface area (Å²) in [5, 5.41) is 24.2. The quantitative estimate of drug-likeness (QED) is 0.298. The minimum atomic E-state index is -1.50. The third-order valence-corrected chi connectivity index (χ3v) is 8.95. The van der Waals surface area contributed by atoms with Crippen LogP contribution >= 0.6 is 0 Å². The van der Waals surface area contributed by atoms with Crippen LogP contribution in [0.15, 0.2) is 71.4 Å². The Labute approximate surface area is 312 Å². The van der Waals surface area contributed by atoms with Crippen LogP contribution in [0.4, 0.5) is 4.39 Å². The Kier molecular flexibility index (Phi) is 13.9. The second kappa shape index (κ2) is 19.0. The SMILES string of the molecule is CC1=CC(O)CC(F)Cc2nc(co2)C(=O)N2CCCC2C(=O)OC(C(C)C)C(CC(=O)NCCn2cc(-c3cnccn3)nn2)/C=C/C(=O)NCC=C1. The Morgan fingerprint density at radius 3 is 2.78 bits per heavy atom. The smallest absolute Gasteiger partial charge is 0.329 e. The van der Waals surface area contributed by atoms with Gasteiger partial charge in [0.1, 0.15) is 36.0 Å². The Balaban J connectivity index is 1.32. The Hall–Kier alpha value is -5.58. The summed E-state index contributed by atoms with van der Waals surface area (Å²) in [4.78, 5) is 67.2. The Bertz CT molecular complexity index is 1840. The number of hydrogen-bond acceptors (Lipinski definition) is 12. The molecule has 1 saturated heterocycles. The lowest BCUT2D eigenvalue weighted by molar-refractivity contribution is -0.159. The van der Waals surface area contributed by atoms with Crippen LogP contribution in [0, 0.1) is 11.8 Å². The summed E-state index contributed by atoms with van der Waals surface area (Å²) >= 11 is 0. The predicted molar refractivity (Wildman–Crippen MR) is 192 cm³/mol. The molecule has 17 heteroatoms. The molecule has 54 heavy (non-hydrogen) atoms. The lowest BCUT2D eigenvalue weighted by atomic mass is 9.89. The molecule has 5 rings (SSSR count). The highest BCUT2D eigenvalue weighted by Crippen LogP contribution is 2.27. The first-order valence-corrected chi connectivity index (χ1v) is 18.0. The molecule has 5 unspecified atom stereocenters. The number of aromatic nitrogens is 6. The van der Waals surface area contributed by atoms with Crippen molar-refractivity contribution in [2.45, 2.75) is 83.8 Å². The number of oxazole rings is 1. The molecule has 2 aliphatic rings. The summed E-state index contributed by atoms with van der Waals surface area (Å²) in [6, 6.07) is -0.928. The molecule has 5 atom stereocenters. The Morgan fingerprint density at radius 1 is 1.17 bits per heavy atom. The van der Waals surface area contributed by atoms with Crippen LogP contribution in [0.1, 0.15) is 62.8 Å². The zero-order valence-electron chi connectivity index (χ0n) is 30.5. The molecule has 3 aromatic rings. The van der Waals surface area contributed by atoms with Gasteiger partial charge in [-0.15, -0.1) is 5.10 Å². The van der Waals surface area contributed by atoms with E-state index in [1.807, 2.05) is 13.8 Å². The molecular formula is C37H46FN9O7. The normalized spacial score (nSPS) is 24.0. The number of carbonyl (C=O) groups is 4. The number of amides is 3. The van der Waals surface area contributed by atoms with Crippen molar-refractivity contribution in [2.75, 3.05) is 19.6 Å². The van der Waals surface area contributed by atoms with E-state index in [0.29, 0.717) is 36.3 Å². The van der Waals surface area contributed by atoms with Crippen molar-refractivity contribution in [3.05, 3.63) is 78.6 Å². The van der Waals surface area contributed by atoms with Crippen LogP contribution in [0.3, 0.4) is 0 Å². The van der Waals surface area contributed by atoms with Crippen molar-refractivity contribution in [1.82, 2.24) is 45.5 Å². The summed E-state index contributed by atoms with van der Waals surface area (Å²) in [6.45, 7) is 6.38. The second-order valence-corrected chi connectivity index (χ2v) is 13.6. The van der Waals surface area contributed by atoms with Gasteiger partial charge in [-0.2, -0.15) is 0 Å². The summed E-state index contributed by atoms with van der Waals surface area (Å²) in [6.07, 6.45) is 12.1. The number of aliphatic hydroxyl groups is 1. The van der Waals surface area contributed by atoms with Gasteiger partial charge in [0.25, 0.3) is 5.91 Å². The van der Waals surface area contributed by atoms with Crippen molar-refractivity contribution in [3.63, 3.8) is 0 Å². The second-order valence-electron chi connectivity index (χ2n) is 13.6. The van der Waals surface area contributed by atoms with Gasteiger partial charge in [0.05, 0.1) is 31.5 Å². The minimum absolute atomic E-state index is 0.00745. The fourth-order valence-electron chi connectivity index (χ4n) is 6.32. The van der Waals surface area contributed by atoms with Gasteiger partial charge in [0.2, 0.25) is 11.8 Å². The van der Waals surface area contributed by atoms with Crippen LogP contribution in [-0.2, 0) is 32.1 Å². The fourth-order valence-corrected chi connectivity index (χ4v) is 6.32. The van der Waals surface area contributed by atoms with Crippen LogP contribution in [0.25, 0.3) is 11.4 Å². The number of allylic oxidation sites excluding steroid dienone is 2. The van der Waals surface area contributed by atoms with Gasteiger partial charge in [-0.1, -0.05) is 48.9 Å². The first-order valence-electron chi connectivity index (χ1n) is 18.0. The number of nitrogens with zero attached hydrogens (tertiary/aromatic N) is 7. The van der Waals surface area contributed by atoms with E-state index in [4.69, 9.17) is 9.15 Å².